The first-order valence-corrected chi connectivity index (χ1v) is 8.49. The fourth-order valence-corrected chi connectivity index (χ4v) is 3.94. The minimum atomic E-state index is -0.692. The normalized spacial score (nSPS) is 30.2. The molecule has 2 atom stereocenters. The predicted octanol–water partition coefficient (Wildman–Crippen LogP) is 0.877. The first-order valence-electron chi connectivity index (χ1n) is 8.49. The fraction of sp³-hybridized carbons (Fsp3) is 0.812. The van der Waals surface area contributed by atoms with Gasteiger partial charge in [-0.05, 0) is 26.7 Å². The molecule has 4 amide bonds. The van der Waals surface area contributed by atoms with Gasteiger partial charge in [0.05, 0.1) is 12.2 Å². The van der Waals surface area contributed by atoms with Gasteiger partial charge >= 0.3 is 6.03 Å². The number of carbonyl (C=O) groups excluding carboxylic acids is 3. The monoisotopic (exact) mass is 323 g/mol. The molecule has 3 aliphatic rings. The molecule has 0 aromatic heterocycles. The minimum absolute atomic E-state index is 0.0150. The SMILES string of the molecule is CC1CN(C(=O)CCN2C(=O)NC3(CCCC3)C2=O)CC(C)O1. The van der Waals surface area contributed by atoms with Gasteiger partial charge in [0, 0.05) is 26.1 Å². The lowest BCUT2D eigenvalue weighted by molar-refractivity contribution is -0.143. The van der Waals surface area contributed by atoms with Crippen LogP contribution in [0.25, 0.3) is 0 Å². The topological polar surface area (TPSA) is 79.0 Å². The van der Waals surface area contributed by atoms with Gasteiger partial charge in [0.15, 0.2) is 0 Å². The first-order chi connectivity index (χ1) is 10.9. The molecule has 1 spiro atoms. The molecule has 23 heavy (non-hydrogen) atoms. The molecular weight excluding hydrogens is 298 g/mol. The Kier molecular flexibility index (Phi) is 4.31. The quantitative estimate of drug-likeness (QED) is 0.782. The third-order valence-corrected chi connectivity index (χ3v) is 5.02. The largest absolute Gasteiger partial charge is 0.372 e. The Hall–Kier alpha value is -1.63. The smallest absolute Gasteiger partial charge is 0.325 e. The molecule has 128 valence electrons. The number of morpholine rings is 1. The standard InChI is InChI=1S/C16H25N3O4/c1-11-9-18(10-12(2)23-11)13(20)5-8-19-14(21)16(17-15(19)22)6-3-4-7-16/h11-12H,3-10H2,1-2H3,(H,17,22). The maximum Gasteiger partial charge on any atom is 0.325 e. The Balaban J connectivity index is 1.56. The van der Waals surface area contributed by atoms with Gasteiger partial charge in [-0.2, -0.15) is 0 Å². The molecule has 2 aliphatic heterocycles. The van der Waals surface area contributed by atoms with Gasteiger partial charge in [0.1, 0.15) is 5.54 Å². The average molecular weight is 323 g/mol. The van der Waals surface area contributed by atoms with Crippen LogP contribution in [0, 0.1) is 0 Å². The molecule has 2 saturated heterocycles. The van der Waals surface area contributed by atoms with Crippen molar-refractivity contribution in [2.45, 2.75) is 63.7 Å². The second-order valence-corrected chi connectivity index (χ2v) is 6.98. The van der Waals surface area contributed by atoms with Crippen LogP contribution in [0.1, 0.15) is 46.0 Å². The molecule has 1 N–H and O–H groups in total. The highest BCUT2D eigenvalue weighted by Gasteiger charge is 2.52. The summed E-state index contributed by atoms with van der Waals surface area (Å²) in [7, 11) is 0. The summed E-state index contributed by atoms with van der Waals surface area (Å²) in [4.78, 5) is 40.0. The van der Waals surface area contributed by atoms with E-state index in [9.17, 15) is 14.4 Å². The highest BCUT2D eigenvalue weighted by molar-refractivity contribution is 6.07. The molecule has 0 aromatic carbocycles. The lowest BCUT2D eigenvalue weighted by atomic mass is 9.98. The minimum Gasteiger partial charge on any atom is -0.372 e. The molecule has 3 rings (SSSR count). The van der Waals surface area contributed by atoms with Crippen molar-refractivity contribution in [2.75, 3.05) is 19.6 Å². The molecule has 7 heteroatoms. The third kappa shape index (κ3) is 3.06. The Bertz CT molecular complexity index is 505. The van der Waals surface area contributed by atoms with Crippen LogP contribution < -0.4 is 5.32 Å². The van der Waals surface area contributed by atoms with Crippen molar-refractivity contribution in [2.24, 2.45) is 0 Å². The fourth-order valence-electron chi connectivity index (χ4n) is 3.94. The zero-order chi connectivity index (χ0) is 16.6. The van der Waals surface area contributed by atoms with Gasteiger partial charge in [-0.25, -0.2) is 4.79 Å². The van der Waals surface area contributed by atoms with Gasteiger partial charge in [0.25, 0.3) is 5.91 Å². The van der Waals surface area contributed by atoms with Crippen molar-refractivity contribution in [3.63, 3.8) is 0 Å². The number of nitrogens with zero attached hydrogens (tertiary/aromatic N) is 2. The average Bonchev–Trinajstić information content (AvgIpc) is 3.03. The predicted molar refractivity (Wildman–Crippen MR) is 82.6 cm³/mol. The van der Waals surface area contributed by atoms with E-state index in [1.807, 2.05) is 13.8 Å². The lowest BCUT2D eigenvalue weighted by Gasteiger charge is -2.35. The van der Waals surface area contributed by atoms with Crippen molar-refractivity contribution in [1.29, 1.82) is 0 Å². The van der Waals surface area contributed by atoms with Crippen LogP contribution >= 0.6 is 0 Å². The summed E-state index contributed by atoms with van der Waals surface area (Å²) >= 11 is 0. The van der Waals surface area contributed by atoms with Gasteiger partial charge in [0.2, 0.25) is 5.91 Å². The lowest BCUT2D eigenvalue weighted by Crippen LogP contribution is -2.49. The molecule has 1 aliphatic carbocycles. The number of nitrogens with one attached hydrogen (secondary N) is 1. The summed E-state index contributed by atoms with van der Waals surface area (Å²) in [5.41, 5.74) is -0.692. The van der Waals surface area contributed by atoms with Gasteiger partial charge in [-0.3, -0.25) is 14.5 Å². The number of rotatable bonds is 3. The Morgan fingerprint density at radius 2 is 1.83 bits per heavy atom. The Morgan fingerprint density at radius 1 is 1.22 bits per heavy atom. The Labute approximate surface area is 136 Å². The maximum atomic E-state index is 12.5. The van der Waals surface area contributed by atoms with E-state index in [4.69, 9.17) is 4.74 Å². The summed E-state index contributed by atoms with van der Waals surface area (Å²) in [6.07, 6.45) is 3.54. The molecular formula is C16H25N3O4. The second kappa shape index (κ2) is 6.11. The number of carbonyl (C=O) groups is 3. The molecule has 0 bridgehead atoms. The molecule has 1 saturated carbocycles. The highest BCUT2D eigenvalue weighted by atomic mass is 16.5. The zero-order valence-corrected chi connectivity index (χ0v) is 13.8. The van der Waals surface area contributed by atoms with E-state index in [0.29, 0.717) is 25.9 Å². The molecule has 7 nitrogen and oxygen atoms in total. The summed E-state index contributed by atoms with van der Waals surface area (Å²) < 4.78 is 5.62. The maximum absolute atomic E-state index is 12.5. The van der Waals surface area contributed by atoms with Crippen LogP contribution in [0.3, 0.4) is 0 Å². The zero-order valence-electron chi connectivity index (χ0n) is 13.8. The number of urea groups is 1. The van der Waals surface area contributed by atoms with Crippen LogP contribution in [0.5, 0.6) is 0 Å². The van der Waals surface area contributed by atoms with Gasteiger partial charge in [-0.15, -0.1) is 0 Å². The van der Waals surface area contributed by atoms with Crippen LogP contribution in [0.15, 0.2) is 0 Å². The van der Waals surface area contributed by atoms with E-state index >= 15 is 0 Å². The van der Waals surface area contributed by atoms with E-state index in [0.717, 1.165) is 12.8 Å². The summed E-state index contributed by atoms with van der Waals surface area (Å²) in [5, 5.41) is 2.84. The van der Waals surface area contributed by atoms with E-state index in [1.54, 1.807) is 4.90 Å². The second-order valence-electron chi connectivity index (χ2n) is 6.98. The summed E-state index contributed by atoms with van der Waals surface area (Å²) in [5.74, 6) is -0.184. The van der Waals surface area contributed by atoms with E-state index in [-0.39, 0.29) is 43.0 Å². The summed E-state index contributed by atoms with van der Waals surface area (Å²) in [6.45, 7) is 5.17. The molecule has 3 fully saturated rings. The number of imide groups is 1. The Morgan fingerprint density at radius 3 is 2.43 bits per heavy atom. The van der Waals surface area contributed by atoms with Gasteiger partial charge < -0.3 is 15.0 Å². The van der Waals surface area contributed by atoms with Crippen LogP contribution in [0.4, 0.5) is 4.79 Å². The van der Waals surface area contributed by atoms with Crippen molar-refractivity contribution in [3.05, 3.63) is 0 Å². The van der Waals surface area contributed by atoms with Crippen molar-refractivity contribution < 1.29 is 19.1 Å². The van der Waals surface area contributed by atoms with Crippen LogP contribution in [-0.4, -0.2) is 65.0 Å². The number of hydrogen-bond acceptors (Lipinski definition) is 4. The van der Waals surface area contributed by atoms with Crippen molar-refractivity contribution in [3.8, 4) is 0 Å². The van der Waals surface area contributed by atoms with Gasteiger partial charge in [-0.1, -0.05) is 12.8 Å². The number of amides is 4. The van der Waals surface area contributed by atoms with E-state index in [2.05, 4.69) is 5.32 Å². The number of hydrogen-bond donors (Lipinski definition) is 1. The molecule has 2 unspecified atom stereocenters. The molecule has 0 radical (unpaired) electrons. The molecule has 2 heterocycles. The third-order valence-electron chi connectivity index (χ3n) is 5.02. The first kappa shape index (κ1) is 16.2. The molecule has 0 aromatic rings. The van der Waals surface area contributed by atoms with Crippen molar-refractivity contribution in [1.82, 2.24) is 15.1 Å². The summed E-state index contributed by atoms with van der Waals surface area (Å²) in [6, 6.07) is -0.353. The van der Waals surface area contributed by atoms with E-state index in [1.165, 1.54) is 4.90 Å². The van der Waals surface area contributed by atoms with Crippen molar-refractivity contribution >= 4 is 17.8 Å². The van der Waals surface area contributed by atoms with Crippen LogP contribution in [-0.2, 0) is 14.3 Å². The van der Waals surface area contributed by atoms with Crippen LogP contribution in [0.2, 0.25) is 0 Å². The van der Waals surface area contributed by atoms with E-state index < -0.39 is 5.54 Å². The highest BCUT2D eigenvalue weighted by Crippen LogP contribution is 2.35. The number of ether oxygens (including phenoxy) is 1.